The number of amides is 1. The van der Waals surface area contributed by atoms with Crippen LogP contribution in [0.4, 0.5) is 5.69 Å². The quantitative estimate of drug-likeness (QED) is 0.470. The van der Waals surface area contributed by atoms with E-state index in [1.807, 2.05) is 6.07 Å². The number of rotatable bonds is 6. The van der Waals surface area contributed by atoms with Crippen LogP contribution in [0, 0.1) is 11.3 Å². The van der Waals surface area contributed by atoms with Gasteiger partial charge in [0.2, 0.25) is 0 Å². The molecule has 0 radical (unpaired) electrons. The number of nitriles is 1. The van der Waals surface area contributed by atoms with Crippen molar-refractivity contribution in [3.8, 4) is 29.1 Å². The number of carbonyl (C=O) groups excluding carboxylic acids is 1. The molecule has 2 aromatic rings. The van der Waals surface area contributed by atoms with Crippen molar-refractivity contribution < 1.29 is 24.1 Å². The highest BCUT2D eigenvalue weighted by Crippen LogP contribution is 2.35. The Morgan fingerprint density at radius 2 is 1.62 bits per heavy atom. The van der Waals surface area contributed by atoms with Crippen LogP contribution >= 0.6 is 0 Å². The van der Waals surface area contributed by atoms with Crippen molar-refractivity contribution in [1.29, 1.82) is 5.26 Å². The third kappa shape index (κ3) is 4.24. The number of aromatic hydroxyl groups is 1. The van der Waals surface area contributed by atoms with E-state index in [4.69, 9.17) is 14.2 Å². The highest BCUT2D eigenvalue weighted by Gasteiger charge is 2.14. The maximum absolute atomic E-state index is 12.3. The van der Waals surface area contributed by atoms with Crippen LogP contribution in [0.3, 0.4) is 0 Å². The van der Waals surface area contributed by atoms with Gasteiger partial charge in [-0.3, -0.25) is 4.79 Å². The highest BCUT2D eigenvalue weighted by molar-refractivity contribution is 6.09. The highest BCUT2D eigenvalue weighted by atomic mass is 16.5. The van der Waals surface area contributed by atoms with E-state index in [-0.39, 0.29) is 11.3 Å². The minimum Gasteiger partial charge on any atom is -0.508 e. The molecule has 0 fully saturated rings. The predicted octanol–water partition coefficient (Wildman–Crippen LogP) is 2.96. The lowest BCUT2D eigenvalue weighted by Crippen LogP contribution is -2.13. The Morgan fingerprint density at radius 1 is 1.04 bits per heavy atom. The van der Waals surface area contributed by atoms with Crippen LogP contribution < -0.4 is 19.5 Å². The van der Waals surface area contributed by atoms with Gasteiger partial charge in [-0.05, 0) is 36.4 Å². The fourth-order valence-corrected chi connectivity index (χ4v) is 2.21. The number of anilines is 1. The average molecular weight is 354 g/mol. The number of phenolic OH excluding ortho intramolecular Hbond substituents is 1. The molecule has 0 unspecified atom stereocenters. The number of ether oxygens (including phenoxy) is 3. The molecule has 2 aromatic carbocycles. The molecule has 0 aromatic heterocycles. The van der Waals surface area contributed by atoms with Gasteiger partial charge in [0.15, 0.2) is 11.5 Å². The lowest BCUT2D eigenvalue weighted by atomic mass is 10.1. The molecule has 7 heteroatoms. The van der Waals surface area contributed by atoms with Gasteiger partial charge in [0.25, 0.3) is 5.91 Å². The molecule has 0 aliphatic heterocycles. The first-order valence-electron chi connectivity index (χ1n) is 7.54. The number of nitrogens with zero attached hydrogens (tertiary/aromatic N) is 1. The zero-order chi connectivity index (χ0) is 19.1. The Kier molecular flexibility index (Phi) is 6.06. The molecule has 0 aliphatic carbocycles. The molecule has 0 aliphatic rings. The van der Waals surface area contributed by atoms with Crippen LogP contribution in [0.1, 0.15) is 5.56 Å². The maximum Gasteiger partial charge on any atom is 0.266 e. The average Bonchev–Trinajstić information content (AvgIpc) is 2.66. The molecule has 0 spiro atoms. The van der Waals surface area contributed by atoms with Crippen molar-refractivity contribution in [2.45, 2.75) is 0 Å². The molecule has 134 valence electrons. The van der Waals surface area contributed by atoms with Crippen molar-refractivity contribution in [2.24, 2.45) is 0 Å². The van der Waals surface area contributed by atoms with E-state index in [1.165, 1.54) is 51.7 Å². The number of methoxy groups -OCH3 is 3. The number of benzene rings is 2. The number of carbonyl (C=O) groups is 1. The van der Waals surface area contributed by atoms with E-state index in [2.05, 4.69) is 5.32 Å². The normalized spacial score (nSPS) is 10.6. The van der Waals surface area contributed by atoms with Gasteiger partial charge in [0, 0.05) is 17.3 Å². The van der Waals surface area contributed by atoms with Gasteiger partial charge in [-0.15, -0.1) is 0 Å². The molecular formula is C19H18N2O5. The van der Waals surface area contributed by atoms with Crippen LogP contribution in [-0.4, -0.2) is 32.3 Å². The van der Waals surface area contributed by atoms with Crippen LogP contribution in [0.5, 0.6) is 23.0 Å². The van der Waals surface area contributed by atoms with E-state index in [0.717, 1.165) is 0 Å². The standard InChI is InChI=1S/C19H18N2O5/c1-24-16-10-18(26-3)17(25-2)9-12(16)8-13(11-20)19(23)21-14-4-6-15(22)7-5-14/h4-10,22H,1-3H3,(H,21,23)/b13-8+. The minimum atomic E-state index is -0.588. The summed E-state index contributed by atoms with van der Waals surface area (Å²) in [4.78, 5) is 12.3. The molecule has 0 saturated carbocycles. The Hall–Kier alpha value is -3.66. The Bertz CT molecular complexity index is 867. The summed E-state index contributed by atoms with van der Waals surface area (Å²) in [7, 11) is 4.46. The number of hydrogen-bond acceptors (Lipinski definition) is 6. The molecule has 26 heavy (non-hydrogen) atoms. The van der Waals surface area contributed by atoms with Crippen molar-refractivity contribution in [2.75, 3.05) is 26.6 Å². The van der Waals surface area contributed by atoms with Crippen molar-refractivity contribution in [1.82, 2.24) is 0 Å². The minimum absolute atomic E-state index is 0.0779. The summed E-state index contributed by atoms with van der Waals surface area (Å²) in [5.74, 6) is 0.821. The molecule has 0 atom stereocenters. The van der Waals surface area contributed by atoms with E-state index in [9.17, 15) is 15.2 Å². The Morgan fingerprint density at radius 3 is 2.15 bits per heavy atom. The van der Waals surface area contributed by atoms with E-state index < -0.39 is 5.91 Å². The summed E-state index contributed by atoms with van der Waals surface area (Å²) >= 11 is 0. The van der Waals surface area contributed by atoms with E-state index in [0.29, 0.717) is 28.5 Å². The molecule has 1 amide bonds. The number of nitrogens with one attached hydrogen (secondary N) is 1. The van der Waals surface area contributed by atoms with Crippen LogP contribution in [-0.2, 0) is 4.79 Å². The molecule has 0 saturated heterocycles. The Labute approximate surface area is 151 Å². The molecule has 2 N–H and O–H groups in total. The van der Waals surface area contributed by atoms with Crippen LogP contribution in [0.15, 0.2) is 42.0 Å². The lowest BCUT2D eigenvalue weighted by Gasteiger charge is -2.12. The SMILES string of the molecule is COc1cc(OC)c(OC)cc1/C=C(\C#N)C(=O)Nc1ccc(O)cc1. The third-order valence-electron chi connectivity index (χ3n) is 3.53. The third-order valence-corrected chi connectivity index (χ3v) is 3.53. The molecular weight excluding hydrogens is 336 g/mol. The van der Waals surface area contributed by atoms with Gasteiger partial charge in [-0.1, -0.05) is 0 Å². The first kappa shape index (κ1) is 18.7. The monoisotopic (exact) mass is 354 g/mol. The Balaban J connectivity index is 2.36. The molecule has 0 heterocycles. The second-order valence-corrected chi connectivity index (χ2v) is 5.12. The number of phenols is 1. The summed E-state index contributed by atoms with van der Waals surface area (Å²) < 4.78 is 15.7. The van der Waals surface area contributed by atoms with E-state index in [1.54, 1.807) is 12.1 Å². The summed E-state index contributed by atoms with van der Waals surface area (Å²) in [6, 6.07) is 11.0. The van der Waals surface area contributed by atoms with Gasteiger partial charge < -0.3 is 24.6 Å². The van der Waals surface area contributed by atoms with Gasteiger partial charge in [-0.2, -0.15) is 5.26 Å². The first-order chi connectivity index (χ1) is 12.5. The lowest BCUT2D eigenvalue weighted by molar-refractivity contribution is -0.112. The molecule has 7 nitrogen and oxygen atoms in total. The molecule has 2 rings (SSSR count). The summed E-state index contributed by atoms with van der Waals surface area (Å²) in [6.07, 6.45) is 1.40. The summed E-state index contributed by atoms with van der Waals surface area (Å²) in [6.45, 7) is 0. The number of hydrogen-bond donors (Lipinski definition) is 2. The van der Waals surface area contributed by atoms with Gasteiger partial charge in [0.1, 0.15) is 23.1 Å². The fraction of sp³-hybridized carbons (Fsp3) is 0.158. The van der Waals surface area contributed by atoms with Crippen LogP contribution in [0.2, 0.25) is 0 Å². The molecule has 0 bridgehead atoms. The van der Waals surface area contributed by atoms with Gasteiger partial charge >= 0.3 is 0 Å². The topological polar surface area (TPSA) is 101 Å². The smallest absolute Gasteiger partial charge is 0.266 e. The first-order valence-corrected chi connectivity index (χ1v) is 7.54. The van der Waals surface area contributed by atoms with Crippen LogP contribution in [0.25, 0.3) is 6.08 Å². The second kappa shape index (κ2) is 8.44. The van der Waals surface area contributed by atoms with Gasteiger partial charge in [-0.25, -0.2) is 0 Å². The van der Waals surface area contributed by atoms with E-state index >= 15 is 0 Å². The van der Waals surface area contributed by atoms with Crippen molar-refractivity contribution in [3.05, 3.63) is 47.5 Å². The zero-order valence-corrected chi connectivity index (χ0v) is 14.6. The summed E-state index contributed by atoms with van der Waals surface area (Å²) in [5, 5.41) is 21.2. The van der Waals surface area contributed by atoms with Gasteiger partial charge in [0.05, 0.1) is 21.3 Å². The fourth-order valence-electron chi connectivity index (χ4n) is 2.21. The zero-order valence-electron chi connectivity index (χ0n) is 14.6. The van der Waals surface area contributed by atoms with Crippen molar-refractivity contribution >= 4 is 17.7 Å². The van der Waals surface area contributed by atoms with Crippen molar-refractivity contribution in [3.63, 3.8) is 0 Å². The maximum atomic E-state index is 12.3. The largest absolute Gasteiger partial charge is 0.508 e. The second-order valence-electron chi connectivity index (χ2n) is 5.12. The predicted molar refractivity (Wildman–Crippen MR) is 96.4 cm³/mol. The summed E-state index contributed by atoms with van der Waals surface area (Å²) in [5.41, 5.74) is 0.819.